The highest BCUT2D eigenvalue weighted by molar-refractivity contribution is 6.00. The van der Waals surface area contributed by atoms with Crippen molar-refractivity contribution in [3.63, 3.8) is 0 Å². The fourth-order valence-electron chi connectivity index (χ4n) is 2.98. The number of amides is 1. The van der Waals surface area contributed by atoms with E-state index in [9.17, 15) is 9.59 Å². The standard InChI is InChI=1S/C20H21NO4/c1-13-7-6-10-17(14(13)2)25-20(23)15-11-19(22)21(12-15)16-8-4-5-9-18(16)24-3/h4-10,15H,11-12H2,1-3H3/t15-/m0/s1. The van der Waals surface area contributed by atoms with Gasteiger partial charge in [-0.1, -0.05) is 24.3 Å². The van der Waals surface area contributed by atoms with Crippen LogP contribution < -0.4 is 14.4 Å². The summed E-state index contributed by atoms with van der Waals surface area (Å²) in [6.45, 7) is 4.18. The van der Waals surface area contributed by atoms with Gasteiger partial charge in [-0.3, -0.25) is 9.59 Å². The molecule has 2 aromatic rings. The topological polar surface area (TPSA) is 55.8 Å². The summed E-state index contributed by atoms with van der Waals surface area (Å²) in [5, 5.41) is 0. The second-order valence-electron chi connectivity index (χ2n) is 6.20. The number of hydrogen-bond acceptors (Lipinski definition) is 4. The van der Waals surface area contributed by atoms with Crippen molar-refractivity contribution in [2.45, 2.75) is 20.3 Å². The summed E-state index contributed by atoms with van der Waals surface area (Å²) in [5.41, 5.74) is 2.67. The Labute approximate surface area is 147 Å². The third kappa shape index (κ3) is 3.36. The zero-order valence-corrected chi connectivity index (χ0v) is 14.6. The van der Waals surface area contributed by atoms with Crippen LogP contribution in [0.25, 0.3) is 0 Å². The van der Waals surface area contributed by atoms with Crippen molar-refractivity contribution in [3.05, 3.63) is 53.6 Å². The molecule has 0 unspecified atom stereocenters. The Kier molecular flexibility index (Phi) is 4.74. The van der Waals surface area contributed by atoms with Crippen LogP contribution in [-0.4, -0.2) is 25.5 Å². The van der Waals surface area contributed by atoms with Crippen molar-refractivity contribution in [2.75, 3.05) is 18.6 Å². The zero-order chi connectivity index (χ0) is 18.0. The molecule has 5 nitrogen and oxygen atoms in total. The van der Waals surface area contributed by atoms with Gasteiger partial charge >= 0.3 is 5.97 Å². The molecule has 5 heteroatoms. The maximum atomic E-state index is 12.5. The van der Waals surface area contributed by atoms with Crippen LogP contribution in [0.15, 0.2) is 42.5 Å². The third-order valence-corrected chi connectivity index (χ3v) is 4.60. The SMILES string of the molecule is COc1ccccc1N1C[C@@H](C(=O)Oc2cccc(C)c2C)CC1=O. The molecule has 0 aromatic heterocycles. The van der Waals surface area contributed by atoms with Gasteiger partial charge in [0.25, 0.3) is 0 Å². The van der Waals surface area contributed by atoms with Crippen LogP contribution >= 0.6 is 0 Å². The minimum absolute atomic E-state index is 0.104. The maximum Gasteiger partial charge on any atom is 0.316 e. The highest BCUT2D eigenvalue weighted by Gasteiger charge is 2.37. The lowest BCUT2D eigenvalue weighted by Gasteiger charge is -2.19. The summed E-state index contributed by atoms with van der Waals surface area (Å²) in [7, 11) is 1.56. The lowest BCUT2D eigenvalue weighted by Crippen LogP contribution is -2.27. The molecule has 0 bridgehead atoms. The predicted molar refractivity (Wildman–Crippen MR) is 95.0 cm³/mol. The predicted octanol–water partition coefficient (Wildman–Crippen LogP) is 3.27. The van der Waals surface area contributed by atoms with Gasteiger partial charge in [0.05, 0.1) is 18.7 Å². The minimum atomic E-state index is -0.489. The molecule has 2 aromatic carbocycles. The Morgan fingerprint density at radius 3 is 2.56 bits per heavy atom. The van der Waals surface area contributed by atoms with Crippen LogP contribution in [0.3, 0.4) is 0 Å². The Morgan fingerprint density at radius 2 is 1.80 bits per heavy atom. The molecule has 1 amide bonds. The number of ether oxygens (including phenoxy) is 2. The number of carbonyl (C=O) groups excluding carboxylic acids is 2. The van der Waals surface area contributed by atoms with Gasteiger partial charge in [-0.05, 0) is 43.2 Å². The summed E-state index contributed by atoms with van der Waals surface area (Å²) >= 11 is 0. The number of esters is 1. The lowest BCUT2D eigenvalue weighted by atomic mass is 10.1. The molecule has 0 radical (unpaired) electrons. The molecule has 130 valence electrons. The number of anilines is 1. The van der Waals surface area contributed by atoms with Gasteiger partial charge in [0, 0.05) is 13.0 Å². The molecule has 25 heavy (non-hydrogen) atoms. The Morgan fingerprint density at radius 1 is 1.08 bits per heavy atom. The number of aryl methyl sites for hydroxylation is 1. The minimum Gasteiger partial charge on any atom is -0.495 e. The van der Waals surface area contributed by atoms with E-state index in [0.29, 0.717) is 23.7 Å². The van der Waals surface area contributed by atoms with E-state index in [4.69, 9.17) is 9.47 Å². The normalized spacial score (nSPS) is 16.8. The summed E-state index contributed by atoms with van der Waals surface area (Å²) < 4.78 is 10.9. The van der Waals surface area contributed by atoms with E-state index in [1.54, 1.807) is 24.1 Å². The molecule has 0 spiro atoms. The molecule has 1 fully saturated rings. The molecule has 0 aliphatic carbocycles. The Bertz CT molecular complexity index is 815. The summed E-state index contributed by atoms with van der Waals surface area (Å²) in [6.07, 6.45) is 0.141. The molecular formula is C20H21NO4. The monoisotopic (exact) mass is 339 g/mol. The molecule has 1 aliphatic rings. The van der Waals surface area contributed by atoms with Gasteiger partial charge in [-0.25, -0.2) is 0 Å². The first-order valence-corrected chi connectivity index (χ1v) is 8.22. The smallest absolute Gasteiger partial charge is 0.316 e. The first kappa shape index (κ1) is 17.0. The van der Waals surface area contributed by atoms with E-state index in [1.807, 2.05) is 44.2 Å². The molecule has 1 aliphatic heterocycles. The molecule has 1 atom stereocenters. The summed E-state index contributed by atoms with van der Waals surface area (Å²) in [5.74, 6) is 0.191. The van der Waals surface area contributed by atoms with Gasteiger partial charge < -0.3 is 14.4 Å². The molecular weight excluding hydrogens is 318 g/mol. The Balaban J connectivity index is 1.76. The molecule has 0 N–H and O–H groups in total. The van der Waals surface area contributed by atoms with Gasteiger partial charge in [-0.2, -0.15) is 0 Å². The van der Waals surface area contributed by atoms with Crippen molar-refractivity contribution in [2.24, 2.45) is 5.92 Å². The van der Waals surface area contributed by atoms with Gasteiger partial charge in [-0.15, -0.1) is 0 Å². The molecule has 1 heterocycles. The van der Waals surface area contributed by atoms with Crippen LogP contribution in [0.5, 0.6) is 11.5 Å². The van der Waals surface area contributed by atoms with Crippen molar-refractivity contribution in [3.8, 4) is 11.5 Å². The van der Waals surface area contributed by atoms with Crippen molar-refractivity contribution >= 4 is 17.6 Å². The van der Waals surface area contributed by atoms with E-state index in [1.165, 1.54) is 0 Å². The van der Waals surface area contributed by atoms with Crippen LogP contribution in [0.1, 0.15) is 17.5 Å². The van der Waals surface area contributed by atoms with E-state index < -0.39 is 5.92 Å². The van der Waals surface area contributed by atoms with Crippen molar-refractivity contribution in [1.82, 2.24) is 0 Å². The molecule has 1 saturated heterocycles. The second kappa shape index (κ2) is 6.97. The number of benzene rings is 2. The van der Waals surface area contributed by atoms with Gasteiger partial charge in [0.1, 0.15) is 11.5 Å². The number of carbonyl (C=O) groups is 2. The van der Waals surface area contributed by atoms with E-state index >= 15 is 0 Å². The highest BCUT2D eigenvalue weighted by Crippen LogP contribution is 2.33. The molecule has 0 saturated carbocycles. The maximum absolute atomic E-state index is 12.5. The van der Waals surface area contributed by atoms with E-state index in [0.717, 1.165) is 11.1 Å². The fourth-order valence-corrected chi connectivity index (χ4v) is 2.98. The lowest BCUT2D eigenvalue weighted by molar-refractivity contribution is -0.139. The number of para-hydroxylation sites is 2. The first-order valence-electron chi connectivity index (χ1n) is 8.22. The largest absolute Gasteiger partial charge is 0.495 e. The van der Waals surface area contributed by atoms with Crippen LogP contribution in [0.4, 0.5) is 5.69 Å². The van der Waals surface area contributed by atoms with Gasteiger partial charge in [0.15, 0.2) is 0 Å². The first-order chi connectivity index (χ1) is 12.0. The van der Waals surface area contributed by atoms with Crippen LogP contribution in [0.2, 0.25) is 0 Å². The van der Waals surface area contributed by atoms with Crippen LogP contribution in [-0.2, 0) is 9.59 Å². The third-order valence-electron chi connectivity index (χ3n) is 4.60. The quantitative estimate of drug-likeness (QED) is 0.634. The second-order valence-corrected chi connectivity index (χ2v) is 6.20. The number of nitrogens with zero attached hydrogens (tertiary/aromatic N) is 1. The Hall–Kier alpha value is -2.82. The molecule has 3 rings (SSSR count). The summed E-state index contributed by atoms with van der Waals surface area (Å²) in [4.78, 5) is 26.5. The zero-order valence-electron chi connectivity index (χ0n) is 14.6. The highest BCUT2D eigenvalue weighted by atomic mass is 16.5. The van der Waals surface area contributed by atoms with Crippen molar-refractivity contribution < 1.29 is 19.1 Å². The number of methoxy groups -OCH3 is 1. The number of hydrogen-bond donors (Lipinski definition) is 0. The summed E-state index contributed by atoms with van der Waals surface area (Å²) in [6, 6.07) is 12.9. The van der Waals surface area contributed by atoms with Crippen LogP contribution in [0, 0.1) is 19.8 Å². The number of rotatable bonds is 4. The average Bonchev–Trinajstić information content (AvgIpc) is 3.00. The van der Waals surface area contributed by atoms with E-state index in [2.05, 4.69) is 0 Å². The van der Waals surface area contributed by atoms with E-state index in [-0.39, 0.29) is 18.3 Å². The van der Waals surface area contributed by atoms with Gasteiger partial charge in [0.2, 0.25) is 5.91 Å². The average molecular weight is 339 g/mol. The fraction of sp³-hybridized carbons (Fsp3) is 0.300. The van der Waals surface area contributed by atoms with Crippen molar-refractivity contribution in [1.29, 1.82) is 0 Å².